The van der Waals surface area contributed by atoms with E-state index in [-0.39, 0.29) is 12.6 Å². The first-order valence-electron chi connectivity index (χ1n) is 7.45. The largest absolute Gasteiger partial charge is 0.395 e. The van der Waals surface area contributed by atoms with E-state index in [1.165, 1.54) is 0 Å². The Labute approximate surface area is 133 Å². The first kappa shape index (κ1) is 15.2. The van der Waals surface area contributed by atoms with Crippen LogP contribution in [0.2, 0.25) is 0 Å². The molecule has 8 heteroatoms. The molecule has 3 N–H and O–H groups in total. The van der Waals surface area contributed by atoms with Crippen molar-refractivity contribution in [3.05, 3.63) is 30.9 Å². The molecule has 120 valence electrons. The van der Waals surface area contributed by atoms with Gasteiger partial charge in [0.1, 0.15) is 0 Å². The van der Waals surface area contributed by atoms with Gasteiger partial charge in [0, 0.05) is 30.7 Å². The van der Waals surface area contributed by atoms with Crippen LogP contribution in [0.3, 0.4) is 0 Å². The summed E-state index contributed by atoms with van der Waals surface area (Å²) in [5.74, 6) is 1.06. The third-order valence-electron chi connectivity index (χ3n) is 3.32. The summed E-state index contributed by atoms with van der Waals surface area (Å²) in [6, 6.07) is 3.91. The highest BCUT2D eigenvalue weighted by atomic mass is 16.3. The van der Waals surface area contributed by atoms with E-state index in [1.54, 1.807) is 18.7 Å². The molecular weight excluding hydrogens is 294 g/mol. The predicted molar refractivity (Wildman–Crippen MR) is 88.8 cm³/mol. The van der Waals surface area contributed by atoms with Crippen LogP contribution < -0.4 is 10.6 Å². The van der Waals surface area contributed by atoms with E-state index < -0.39 is 0 Å². The minimum absolute atomic E-state index is 0.0174. The van der Waals surface area contributed by atoms with Gasteiger partial charge in [-0.15, -0.1) is 0 Å². The van der Waals surface area contributed by atoms with Gasteiger partial charge in [-0.25, -0.2) is 4.98 Å². The number of nitrogens with one attached hydrogen (secondary N) is 2. The van der Waals surface area contributed by atoms with Gasteiger partial charge in [0.2, 0.25) is 5.95 Å². The normalized spacial score (nSPS) is 11.1. The molecule has 23 heavy (non-hydrogen) atoms. The second kappa shape index (κ2) is 6.57. The lowest BCUT2D eigenvalue weighted by Gasteiger charge is -2.11. The maximum absolute atomic E-state index is 9.04. The van der Waals surface area contributed by atoms with E-state index in [9.17, 15) is 0 Å². The van der Waals surface area contributed by atoms with Crippen LogP contribution in [-0.2, 0) is 0 Å². The molecule has 0 aliphatic carbocycles. The van der Waals surface area contributed by atoms with Gasteiger partial charge >= 0.3 is 0 Å². The molecule has 0 unspecified atom stereocenters. The zero-order valence-electron chi connectivity index (χ0n) is 13.1. The lowest BCUT2D eigenvalue weighted by molar-refractivity contribution is 0.311. The summed E-state index contributed by atoms with van der Waals surface area (Å²) in [6.45, 7) is 4.55. The van der Waals surface area contributed by atoms with Crippen LogP contribution in [0.1, 0.15) is 19.9 Å². The number of rotatable bonds is 6. The Kier molecular flexibility index (Phi) is 4.33. The van der Waals surface area contributed by atoms with Gasteiger partial charge in [0.15, 0.2) is 17.0 Å². The maximum Gasteiger partial charge on any atom is 0.231 e. The van der Waals surface area contributed by atoms with Crippen LogP contribution in [0, 0.1) is 0 Å². The average molecular weight is 313 g/mol. The van der Waals surface area contributed by atoms with Gasteiger partial charge < -0.3 is 20.3 Å². The number of aromatic nitrogens is 5. The molecule has 0 aliphatic rings. The SMILES string of the molecule is CC(C)n1cnc2c(NCCO)nc(Nc3ccncc3)nc21. The van der Waals surface area contributed by atoms with Crippen molar-refractivity contribution in [2.75, 3.05) is 23.8 Å². The third kappa shape index (κ3) is 3.21. The first-order valence-corrected chi connectivity index (χ1v) is 7.45. The molecule has 0 radical (unpaired) electrons. The van der Waals surface area contributed by atoms with E-state index in [4.69, 9.17) is 5.11 Å². The molecule has 0 aromatic carbocycles. The van der Waals surface area contributed by atoms with E-state index in [0.717, 1.165) is 11.3 Å². The molecule has 0 saturated heterocycles. The highest BCUT2D eigenvalue weighted by molar-refractivity contribution is 5.84. The van der Waals surface area contributed by atoms with Crippen molar-refractivity contribution in [1.82, 2.24) is 24.5 Å². The number of pyridine rings is 1. The maximum atomic E-state index is 9.04. The van der Waals surface area contributed by atoms with Gasteiger partial charge in [0.25, 0.3) is 0 Å². The van der Waals surface area contributed by atoms with Gasteiger partial charge in [-0.1, -0.05) is 0 Å². The number of hydrogen-bond donors (Lipinski definition) is 3. The number of fused-ring (bicyclic) bond motifs is 1. The summed E-state index contributed by atoms with van der Waals surface area (Å²) in [5.41, 5.74) is 2.28. The molecule has 3 heterocycles. The van der Waals surface area contributed by atoms with E-state index in [0.29, 0.717) is 23.8 Å². The fraction of sp³-hybridized carbons (Fsp3) is 0.333. The number of imidazole rings is 1. The lowest BCUT2D eigenvalue weighted by atomic mass is 10.4. The van der Waals surface area contributed by atoms with Gasteiger partial charge in [-0.3, -0.25) is 4.98 Å². The van der Waals surface area contributed by atoms with E-state index in [2.05, 4.69) is 44.4 Å². The Morgan fingerprint density at radius 3 is 2.70 bits per heavy atom. The van der Waals surface area contributed by atoms with Crippen LogP contribution in [0.5, 0.6) is 0 Å². The van der Waals surface area contributed by atoms with Crippen LogP contribution in [0.25, 0.3) is 11.2 Å². The van der Waals surface area contributed by atoms with Gasteiger partial charge in [0.05, 0.1) is 12.9 Å². The molecule has 0 saturated carbocycles. The summed E-state index contributed by atoms with van der Waals surface area (Å²) < 4.78 is 1.98. The van der Waals surface area contributed by atoms with Crippen molar-refractivity contribution in [2.45, 2.75) is 19.9 Å². The van der Waals surface area contributed by atoms with Crippen molar-refractivity contribution in [2.24, 2.45) is 0 Å². The fourth-order valence-electron chi connectivity index (χ4n) is 2.21. The molecule has 0 spiro atoms. The molecular formula is C15H19N7O. The molecule has 0 fully saturated rings. The Morgan fingerprint density at radius 1 is 1.22 bits per heavy atom. The minimum Gasteiger partial charge on any atom is -0.395 e. The molecule has 0 amide bonds. The number of aliphatic hydroxyl groups excluding tert-OH is 1. The van der Waals surface area contributed by atoms with E-state index in [1.807, 2.05) is 16.7 Å². The third-order valence-corrected chi connectivity index (χ3v) is 3.32. The van der Waals surface area contributed by atoms with Crippen LogP contribution in [-0.4, -0.2) is 42.8 Å². The molecule has 0 atom stereocenters. The van der Waals surface area contributed by atoms with Crippen molar-refractivity contribution in [3.63, 3.8) is 0 Å². The highest BCUT2D eigenvalue weighted by Crippen LogP contribution is 2.24. The summed E-state index contributed by atoms with van der Waals surface area (Å²) >= 11 is 0. The quantitative estimate of drug-likeness (QED) is 0.639. The zero-order chi connectivity index (χ0) is 16.2. The Balaban J connectivity index is 2.05. The average Bonchev–Trinajstić information content (AvgIpc) is 2.98. The van der Waals surface area contributed by atoms with Crippen molar-refractivity contribution >= 4 is 28.6 Å². The molecule has 3 rings (SSSR count). The topological polar surface area (TPSA) is 101 Å². The van der Waals surface area contributed by atoms with Crippen LogP contribution in [0.15, 0.2) is 30.9 Å². The number of anilines is 3. The second-order valence-electron chi connectivity index (χ2n) is 5.32. The summed E-state index contributed by atoms with van der Waals surface area (Å²) in [4.78, 5) is 17.4. The minimum atomic E-state index is 0.0174. The van der Waals surface area contributed by atoms with Gasteiger partial charge in [-0.05, 0) is 26.0 Å². The number of hydrogen-bond acceptors (Lipinski definition) is 7. The fourth-order valence-corrected chi connectivity index (χ4v) is 2.21. The predicted octanol–water partition coefficient (Wildman–Crippen LogP) is 1.95. The number of aliphatic hydroxyl groups is 1. The smallest absolute Gasteiger partial charge is 0.231 e. The lowest BCUT2D eigenvalue weighted by Crippen LogP contribution is -2.10. The van der Waals surface area contributed by atoms with E-state index >= 15 is 0 Å². The van der Waals surface area contributed by atoms with Gasteiger partial charge in [-0.2, -0.15) is 9.97 Å². The van der Waals surface area contributed by atoms with Crippen molar-refractivity contribution < 1.29 is 5.11 Å². The molecule has 8 nitrogen and oxygen atoms in total. The summed E-state index contributed by atoms with van der Waals surface area (Å²) in [7, 11) is 0. The van der Waals surface area contributed by atoms with Crippen molar-refractivity contribution in [3.8, 4) is 0 Å². The second-order valence-corrected chi connectivity index (χ2v) is 5.32. The van der Waals surface area contributed by atoms with Crippen LogP contribution in [0.4, 0.5) is 17.5 Å². The highest BCUT2D eigenvalue weighted by Gasteiger charge is 2.14. The molecule has 3 aromatic heterocycles. The first-order chi connectivity index (χ1) is 11.2. The zero-order valence-corrected chi connectivity index (χ0v) is 13.1. The standard InChI is InChI=1S/C15H19N7O/c1-10(2)22-9-18-12-13(17-7-8-23)20-15(21-14(12)22)19-11-3-5-16-6-4-11/h3-6,9-10,23H,7-8H2,1-2H3,(H2,16,17,19,20,21). The Hall–Kier alpha value is -2.74. The summed E-state index contributed by atoms with van der Waals surface area (Å²) in [5, 5.41) is 15.3. The molecule has 0 bridgehead atoms. The Bertz CT molecular complexity index is 785. The number of nitrogens with zero attached hydrogens (tertiary/aromatic N) is 5. The Morgan fingerprint density at radius 2 is 2.00 bits per heavy atom. The monoisotopic (exact) mass is 313 g/mol. The molecule has 0 aliphatic heterocycles. The summed E-state index contributed by atoms with van der Waals surface area (Å²) in [6.07, 6.45) is 5.15. The van der Waals surface area contributed by atoms with Crippen LogP contribution >= 0.6 is 0 Å². The van der Waals surface area contributed by atoms with Crippen molar-refractivity contribution in [1.29, 1.82) is 0 Å². The molecule has 3 aromatic rings.